The summed E-state index contributed by atoms with van der Waals surface area (Å²) in [6.45, 7) is 2.70. The summed E-state index contributed by atoms with van der Waals surface area (Å²) in [5.74, 6) is 0.117. The monoisotopic (exact) mass is 265 g/mol. The first-order valence-corrected chi connectivity index (χ1v) is 6.59. The molecule has 2 heterocycles. The van der Waals surface area contributed by atoms with Gasteiger partial charge in [0, 0.05) is 20.0 Å². The number of aromatic nitrogens is 2. The van der Waals surface area contributed by atoms with Gasteiger partial charge in [0.25, 0.3) is 0 Å². The number of carboxylic acids is 1. The van der Waals surface area contributed by atoms with E-state index in [2.05, 4.69) is 15.3 Å². The Bertz CT molecular complexity index is 567. The maximum atomic E-state index is 10.5. The minimum Gasteiger partial charge on any atom is -0.481 e. The van der Waals surface area contributed by atoms with Gasteiger partial charge in [0.1, 0.15) is 12.1 Å². The van der Waals surface area contributed by atoms with Crippen molar-refractivity contribution in [2.45, 2.75) is 19.8 Å². The number of hydrogen-bond acceptors (Lipinski definition) is 5. The number of hydrogen-bond donors (Lipinski definition) is 1. The number of anilines is 1. The molecule has 0 spiro atoms. The zero-order valence-corrected chi connectivity index (χ0v) is 11.2. The first kappa shape index (κ1) is 12.8. The highest BCUT2D eigenvalue weighted by atomic mass is 32.1. The van der Waals surface area contributed by atoms with Gasteiger partial charge in [-0.3, -0.25) is 4.79 Å². The van der Waals surface area contributed by atoms with Crippen LogP contribution in [0.4, 0.5) is 5.82 Å². The van der Waals surface area contributed by atoms with Gasteiger partial charge in [-0.25, -0.2) is 9.97 Å². The van der Waals surface area contributed by atoms with Crippen LogP contribution in [0.1, 0.15) is 18.4 Å². The molecule has 6 heteroatoms. The largest absolute Gasteiger partial charge is 0.481 e. The maximum Gasteiger partial charge on any atom is 0.303 e. The van der Waals surface area contributed by atoms with E-state index in [-0.39, 0.29) is 6.42 Å². The molecule has 0 aliphatic carbocycles. The molecular weight excluding hydrogens is 250 g/mol. The van der Waals surface area contributed by atoms with Crippen molar-refractivity contribution < 1.29 is 9.90 Å². The zero-order valence-electron chi connectivity index (χ0n) is 10.4. The molecule has 0 saturated carbocycles. The summed E-state index contributed by atoms with van der Waals surface area (Å²) in [6.07, 6.45) is 2.36. The van der Waals surface area contributed by atoms with E-state index < -0.39 is 5.97 Å². The van der Waals surface area contributed by atoms with E-state index in [0.717, 1.165) is 21.6 Å². The summed E-state index contributed by atoms with van der Waals surface area (Å²) in [5.41, 5.74) is 2.13. The molecular formula is C12H15N3O2S. The Labute approximate surface area is 109 Å². The van der Waals surface area contributed by atoms with Crippen LogP contribution in [0.3, 0.4) is 0 Å². The summed E-state index contributed by atoms with van der Waals surface area (Å²) < 4.78 is 1.06. The lowest BCUT2D eigenvalue weighted by Crippen LogP contribution is -2.20. The number of rotatable bonds is 5. The highest BCUT2D eigenvalue weighted by Crippen LogP contribution is 2.30. The minimum atomic E-state index is -0.761. The fourth-order valence-corrected chi connectivity index (χ4v) is 2.85. The second-order valence-electron chi connectivity index (χ2n) is 4.21. The highest BCUT2D eigenvalue weighted by molar-refractivity contribution is 7.18. The standard InChI is InChI=1S/C12H15N3O2S/c1-8-6-18-11-10(8)13-7-14-12(11)15(2)5-3-4-9(16)17/h6-7H,3-5H2,1-2H3,(H,16,17). The Balaban J connectivity index is 2.17. The number of fused-ring (bicyclic) bond motifs is 1. The molecule has 0 aliphatic heterocycles. The molecule has 0 saturated heterocycles. The van der Waals surface area contributed by atoms with Crippen LogP contribution in [-0.4, -0.2) is 34.6 Å². The predicted molar refractivity (Wildman–Crippen MR) is 72.3 cm³/mol. The Hall–Kier alpha value is -1.69. The van der Waals surface area contributed by atoms with E-state index in [1.54, 1.807) is 17.7 Å². The number of carboxylic acid groups (broad SMARTS) is 1. The molecule has 0 aromatic carbocycles. The van der Waals surface area contributed by atoms with Crippen LogP contribution in [0.25, 0.3) is 10.2 Å². The predicted octanol–water partition coefficient (Wildman–Crippen LogP) is 2.30. The van der Waals surface area contributed by atoms with Gasteiger partial charge in [0.2, 0.25) is 0 Å². The Morgan fingerprint density at radius 1 is 1.50 bits per heavy atom. The lowest BCUT2D eigenvalue weighted by molar-refractivity contribution is -0.137. The smallest absolute Gasteiger partial charge is 0.303 e. The van der Waals surface area contributed by atoms with Crippen molar-refractivity contribution in [3.63, 3.8) is 0 Å². The van der Waals surface area contributed by atoms with Crippen molar-refractivity contribution >= 4 is 33.3 Å². The Morgan fingerprint density at radius 2 is 2.28 bits per heavy atom. The number of thiophene rings is 1. The fraction of sp³-hybridized carbons (Fsp3) is 0.417. The Kier molecular flexibility index (Phi) is 3.76. The molecule has 0 radical (unpaired) electrons. The van der Waals surface area contributed by atoms with Gasteiger partial charge in [-0.2, -0.15) is 0 Å². The summed E-state index contributed by atoms with van der Waals surface area (Å²) in [5, 5.41) is 10.7. The van der Waals surface area contributed by atoms with Gasteiger partial charge < -0.3 is 10.0 Å². The molecule has 0 amide bonds. The average Bonchev–Trinajstić information content (AvgIpc) is 2.71. The van der Waals surface area contributed by atoms with Gasteiger partial charge in [0.15, 0.2) is 0 Å². The number of aliphatic carboxylic acids is 1. The van der Waals surface area contributed by atoms with E-state index in [1.807, 2.05) is 18.9 Å². The van der Waals surface area contributed by atoms with Crippen LogP contribution < -0.4 is 4.90 Å². The second-order valence-corrected chi connectivity index (χ2v) is 5.09. The van der Waals surface area contributed by atoms with Crippen LogP contribution in [-0.2, 0) is 4.79 Å². The topological polar surface area (TPSA) is 66.3 Å². The molecule has 2 rings (SSSR count). The number of nitrogens with zero attached hydrogens (tertiary/aromatic N) is 3. The maximum absolute atomic E-state index is 10.5. The van der Waals surface area contributed by atoms with Gasteiger partial charge in [-0.05, 0) is 24.3 Å². The van der Waals surface area contributed by atoms with Crippen LogP contribution >= 0.6 is 11.3 Å². The van der Waals surface area contributed by atoms with Gasteiger partial charge in [-0.1, -0.05) is 0 Å². The van der Waals surface area contributed by atoms with E-state index in [4.69, 9.17) is 5.11 Å². The summed E-state index contributed by atoms with van der Waals surface area (Å²) in [6, 6.07) is 0. The molecule has 96 valence electrons. The summed E-state index contributed by atoms with van der Waals surface area (Å²) in [7, 11) is 1.93. The lowest BCUT2D eigenvalue weighted by Gasteiger charge is -2.17. The van der Waals surface area contributed by atoms with Crippen LogP contribution in [0, 0.1) is 6.92 Å². The summed E-state index contributed by atoms with van der Waals surface area (Å²) in [4.78, 5) is 21.0. The molecule has 0 unspecified atom stereocenters. The van der Waals surface area contributed by atoms with Crippen molar-refractivity contribution in [1.82, 2.24) is 9.97 Å². The normalized spacial score (nSPS) is 10.8. The van der Waals surface area contributed by atoms with Crippen molar-refractivity contribution in [2.75, 3.05) is 18.5 Å². The van der Waals surface area contributed by atoms with Crippen molar-refractivity contribution in [3.8, 4) is 0 Å². The van der Waals surface area contributed by atoms with E-state index >= 15 is 0 Å². The molecule has 18 heavy (non-hydrogen) atoms. The van der Waals surface area contributed by atoms with Gasteiger partial charge in [0.05, 0.1) is 10.2 Å². The number of aryl methyl sites for hydroxylation is 1. The van der Waals surface area contributed by atoms with Crippen LogP contribution in [0.15, 0.2) is 11.7 Å². The van der Waals surface area contributed by atoms with Crippen LogP contribution in [0.2, 0.25) is 0 Å². The molecule has 2 aromatic rings. The molecule has 0 aliphatic rings. The number of carbonyl (C=O) groups is 1. The molecule has 1 N–H and O–H groups in total. The second kappa shape index (κ2) is 5.30. The van der Waals surface area contributed by atoms with E-state index in [0.29, 0.717) is 13.0 Å². The third-order valence-electron chi connectivity index (χ3n) is 2.76. The molecule has 0 fully saturated rings. The van der Waals surface area contributed by atoms with E-state index in [9.17, 15) is 4.79 Å². The first-order chi connectivity index (χ1) is 8.59. The lowest BCUT2D eigenvalue weighted by atomic mass is 10.3. The minimum absolute atomic E-state index is 0.183. The SMILES string of the molecule is Cc1csc2c(N(C)CCCC(=O)O)ncnc12. The highest BCUT2D eigenvalue weighted by Gasteiger charge is 2.11. The van der Waals surface area contributed by atoms with Crippen molar-refractivity contribution in [1.29, 1.82) is 0 Å². The van der Waals surface area contributed by atoms with E-state index in [1.165, 1.54) is 0 Å². The zero-order chi connectivity index (χ0) is 13.1. The fourth-order valence-electron chi connectivity index (χ4n) is 1.80. The Morgan fingerprint density at radius 3 is 3.00 bits per heavy atom. The summed E-state index contributed by atoms with van der Waals surface area (Å²) >= 11 is 1.63. The molecule has 5 nitrogen and oxygen atoms in total. The van der Waals surface area contributed by atoms with Gasteiger partial charge >= 0.3 is 5.97 Å². The van der Waals surface area contributed by atoms with Gasteiger partial charge in [-0.15, -0.1) is 11.3 Å². The molecule has 0 bridgehead atoms. The van der Waals surface area contributed by atoms with Crippen molar-refractivity contribution in [3.05, 3.63) is 17.3 Å². The third kappa shape index (κ3) is 2.59. The van der Waals surface area contributed by atoms with Crippen LogP contribution in [0.5, 0.6) is 0 Å². The third-order valence-corrected chi connectivity index (χ3v) is 3.84. The van der Waals surface area contributed by atoms with Crippen molar-refractivity contribution in [2.24, 2.45) is 0 Å². The quantitative estimate of drug-likeness (QED) is 0.898. The molecule has 0 atom stereocenters. The molecule has 2 aromatic heterocycles. The first-order valence-electron chi connectivity index (χ1n) is 5.71. The average molecular weight is 265 g/mol.